The maximum absolute atomic E-state index is 12.2. The molecule has 3 nitrogen and oxygen atoms in total. The molecule has 0 aliphatic carbocycles. The van der Waals surface area contributed by atoms with Crippen molar-refractivity contribution in [1.29, 1.82) is 0 Å². The quantitative estimate of drug-likeness (QED) is 0.766. The van der Waals surface area contributed by atoms with Crippen molar-refractivity contribution in [3.8, 4) is 5.75 Å². The van der Waals surface area contributed by atoms with Crippen LogP contribution in [0.3, 0.4) is 0 Å². The summed E-state index contributed by atoms with van der Waals surface area (Å²) in [5, 5.41) is 3.29. The molecule has 0 heterocycles. The first kappa shape index (κ1) is 15.7. The third-order valence-electron chi connectivity index (χ3n) is 3.05. The SMILES string of the molecule is CCC(C)NC(C)C(=O)c1ccc(OC(C)C)cc1. The van der Waals surface area contributed by atoms with Gasteiger partial charge in [0.25, 0.3) is 0 Å². The van der Waals surface area contributed by atoms with Crippen LogP contribution in [0.5, 0.6) is 5.75 Å². The first-order valence-electron chi connectivity index (χ1n) is 7.01. The van der Waals surface area contributed by atoms with Gasteiger partial charge < -0.3 is 10.1 Å². The van der Waals surface area contributed by atoms with E-state index in [1.807, 2.05) is 45.0 Å². The van der Waals surface area contributed by atoms with Crippen LogP contribution in [0.2, 0.25) is 0 Å². The lowest BCUT2D eigenvalue weighted by molar-refractivity contribution is 0.0945. The van der Waals surface area contributed by atoms with Gasteiger partial charge in [-0.05, 0) is 58.4 Å². The molecule has 0 aliphatic rings. The Morgan fingerprint density at radius 1 is 1.16 bits per heavy atom. The zero-order chi connectivity index (χ0) is 14.4. The van der Waals surface area contributed by atoms with Crippen LogP contribution in [-0.4, -0.2) is 24.0 Å². The summed E-state index contributed by atoms with van der Waals surface area (Å²) in [5.41, 5.74) is 0.722. The summed E-state index contributed by atoms with van der Waals surface area (Å²) in [4.78, 5) is 12.2. The van der Waals surface area contributed by atoms with E-state index >= 15 is 0 Å². The van der Waals surface area contributed by atoms with Crippen molar-refractivity contribution in [3.63, 3.8) is 0 Å². The predicted molar refractivity (Wildman–Crippen MR) is 78.9 cm³/mol. The summed E-state index contributed by atoms with van der Waals surface area (Å²) >= 11 is 0. The molecule has 19 heavy (non-hydrogen) atoms. The highest BCUT2D eigenvalue weighted by atomic mass is 16.5. The molecule has 1 N–H and O–H groups in total. The summed E-state index contributed by atoms with van der Waals surface area (Å²) in [6.07, 6.45) is 1.16. The zero-order valence-electron chi connectivity index (χ0n) is 12.6. The number of benzene rings is 1. The van der Waals surface area contributed by atoms with E-state index in [2.05, 4.69) is 19.2 Å². The second-order valence-electron chi connectivity index (χ2n) is 5.25. The molecule has 0 amide bonds. The molecule has 0 spiro atoms. The van der Waals surface area contributed by atoms with Crippen LogP contribution in [0.15, 0.2) is 24.3 Å². The Hall–Kier alpha value is -1.35. The number of carbonyl (C=O) groups is 1. The van der Waals surface area contributed by atoms with Gasteiger partial charge in [0.05, 0.1) is 12.1 Å². The van der Waals surface area contributed by atoms with E-state index in [1.165, 1.54) is 0 Å². The van der Waals surface area contributed by atoms with Crippen molar-refractivity contribution in [3.05, 3.63) is 29.8 Å². The number of rotatable bonds is 7. The standard InChI is InChI=1S/C16H25NO2/c1-6-12(4)17-13(5)16(18)14-7-9-15(10-8-14)19-11(2)3/h7-13,17H,6H2,1-5H3. The van der Waals surface area contributed by atoms with Crippen LogP contribution in [0, 0.1) is 0 Å². The number of Topliss-reactive ketones (excluding diaryl/α,β-unsaturated/α-hetero) is 1. The molecule has 0 aromatic heterocycles. The van der Waals surface area contributed by atoms with E-state index in [1.54, 1.807) is 0 Å². The number of hydrogen-bond acceptors (Lipinski definition) is 3. The number of nitrogens with one attached hydrogen (secondary N) is 1. The van der Waals surface area contributed by atoms with E-state index in [0.29, 0.717) is 6.04 Å². The van der Waals surface area contributed by atoms with E-state index in [4.69, 9.17) is 4.74 Å². The minimum absolute atomic E-state index is 0.122. The van der Waals surface area contributed by atoms with Gasteiger partial charge in [-0.15, -0.1) is 0 Å². The van der Waals surface area contributed by atoms with Crippen LogP contribution in [0.1, 0.15) is 51.4 Å². The topological polar surface area (TPSA) is 38.3 Å². The summed E-state index contributed by atoms with van der Waals surface area (Å²) in [7, 11) is 0. The molecule has 0 saturated carbocycles. The Morgan fingerprint density at radius 2 is 1.74 bits per heavy atom. The van der Waals surface area contributed by atoms with Crippen molar-refractivity contribution in [2.24, 2.45) is 0 Å². The molecular weight excluding hydrogens is 238 g/mol. The molecular formula is C16H25NO2. The number of carbonyl (C=O) groups excluding carboxylic acids is 1. The number of ketones is 1. The molecule has 1 aromatic carbocycles. The van der Waals surface area contributed by atoms with Crippen molar-refractivity contribution in [2.45, 2.75) is 59.2 Å². The van der Waals surface area contributed by atoms with E-state index in [0.717, 1.165) is 17.7 Å². The average Bonchev–Trinajstić information content (AvgIpc) is 2.37. The summed E-state index contributed by atoms with van der Waals surface area (Å²) in [5.74, 6) is 0.922. The van der Waals surface area contributed by atoms with Gasteiger partial charge >= 0.3 is 0 Å². The van der Waals surface area contributed by atoms with Crippen molar-refractivity contribution >= 4 is 5.78 Å². The smallest absolute Gasteiger partial charge is 0.179 e. The molecule has 106 valence electrons. The highest BCUT2D eigenvalue weighted by Crippen LogP contribution is 2.15. The maximum Gasteiger partial charge on any atom is 0.179 e. The van der Waals surface area contributed by atoms with Gasteiger partial charge in [0.1, 0.15) is 5.75 Å². The van der Waals surface area contributed by atoms with Gasteiger partial charge in [0.2, 0.25) is 0 Å². The maximum atomic E-state index is 12.2. The minimum atomic E-state index is -0.160. The van der Waals surface area contributed by atoms with Gasteiger partial charge in [-0.1, -0.05) is 6.92 Å². The lowest BCUT2D eigenvalue weighted by Crippen LogP contribution is -2.39. The van der Waals surface area contributed by atoms with Gasteiger partial charge in [0, 0.05) is 11.6 Å². The molecule has 0 fully saturated rings. The number of hydrogen-bond donors (Lipinski definition) is 1. The van der Waals surface area contributed by atoms with E-state index < -0.39 is 0 Å². The fourth-order valence-corrected chi connectivity index (χ4v) is 1.84. The molecule has 0 aliphatic heterocycles. The van der Waals surface area contributed by atoms with Crippen molar-refractivity contribution < 1.29 is 9.53 Å². The Labute approximate surface area is 116 Å². The fraction of sp³-hybridized carbons (Fsp3) is 0.562. The van der Waals surface area contributed by atoms with E-state index in [9.17, 15) is 4.79 Å². The summed E-state index contributed by atoms with van der Waals surface area (Å²) in [6, 6.07) is 7.55. The predicted octanol–water partition coefficient (Wildman–Crippen LogP) is 3.43. The second-order valence-corrected chi connectivity index (χ2v) is 5.25. The average molecular weight is 263 g/mol. The van der Waals surface area contributed by atoms with Crippen LogP contribution >= 0.6 is 0 Å². The third-order valence-corrected chi connectivity index (χ3v) is 3.05. The van der Waals surface area contributed by atoms with Crippen LogP contribution in [-0.2, 0) is 0 Å². The van der Waals surface area contributed by atoms with Crippen molar-refractivity contribution in [2.75, 3.05) is 0 Å². The molecule has 2 atom stereocenters. The van der Waals surface area contributed by atoms with Gasteiger partial charge in [-0.2, -0.15) is 0 Å². The largest absolute Gasteiger partial charge is 0.491 e. The molecule has 0 saturated heterocycles. The normalized spacial score (nSPS) is 14.2. The summed E-state index contributed by atoms with van der Waals surface area (Å²) < 4.78 is 5.56. The van der Waals surface area contributed by atoms with Crippen molar-refractivity contribution in [1.82, 2.24) is 5.32 Å². The molecule has 2 unspecified atom stereocenters. The third kappa shape index (κ3) is 5.03. The first-order chi connectivity index (χ1) is 8.93. The lowest BCUT2D eigenvalue weighted by Gasteiger charge is -2.18. The van der Waals surface area contributed by atoms with Gasteiger partial charge in [-0.25, -0.2) is 0 Å². The molecule has 1 rings (SSSR count). The minimum Gasteiger partial charge on any atom is -0.491 e. The van der Waals surface area contributed by atoms with Crippen LogP contribution < -0.4 is 10.1 Å². The highest BCUT2D eigenvalue weighted by Gasteiger charge is 2.16. The second kappa shape index (κ2) is 7.29. The Bertz CT molecular complexity index is 398. The van der Waals surface area contributed by atoms with E-state index in [-0.39, 0.29) is 17.9 Å². The summed E-state index contributed by atoms with van der Waals surface area (Å²) in [6.45, 7) is 10.1. The Kier molecular flexibility index (Phi) is 6.03. The zero-order valence-corrected chi connectivity index (χ0v) is 12.6. The molecule has 3 heteroatoms. The van der Waals surface area contributed by atoms with Crippen LogP contribution in [0.4, 0.5) is 0 Å². The fourth-order valence-electron chi connectivity index (χ4n) is 1.84. The van der Waals surface area contributed by atoms with Gasteiger partial charge in [-0.3, -0.25) is 4.79 Å². The molecule has 1 aromatic rings. The molecule has 0 radical (unpaired) electrons. The monoisotopic (exact) mass is 263 g/mol. The van der Waals surface area contributed by atoms with Gasteiger partial charge in [0.15, 0.2) is 5.78 Å². The Balaban J connectivity index is 2.67. The lowest BCUT2D eigenvalue weighted by atomic mass is 10.0. The van der Waals surface area contributed by atoms with Crippen LogP contribution in [0.25, 0.3) is 0 Å². The highest BCUT2D eigenvalue weighted by molar-refractivity contribution is 5.99. The Morgan fingerprint density at radius 3 is 2.21 bits per heavy atom. The first-order valence-corrected chi connectivity index (χ1v) is 7.01. The number of ether oxygens (including phenoxy) is 1. The molecule has 0 bridgehead atoms.